The lowest BCUT2D eigenvalue weighted by Crippen LogP contribution is -2.36. The maximum Gasteiger partial charge on any atom is 0.251 e. The number of nitrogens with one attached hydrogen (secondary N) is 1. The molecule has 0 aliphatic carbocycles. The molecule has 102 valence electrons. The SMILES string of the molecule is CCC(C)(N)c1nc(-c2ccccc2)cc(=O)[nH]1.Cl. The average Bonchev–Trinajstić information content (AvgIpc) is 2.39. The maximum atomic E-state index is 11.7. The zero-order chi connectivity index (χ0) is 13.2. The van der Waals surface area contributed by atoms with Gasteiger partial charge in [0.1, 0.15) is 5.82 Å². The summed E-state index contributed by atoms with van der Waals surface area (Å²) < 4.78 is 0. The molecule has 19 heavy (non-hydrogen) atoms. The highest BCUT2D eigenvalue weighted by atomic mass is 35.5. The minimum atomic E-state index is -0.621. The number of halogens is 1. The summed E-state index contributed by atoms with van der Waals surface area (Å²) in [6, 6.07) is 11.1. The lowest BCUT2D eigenvalue weighted by atomic mass is 9.99. The van der Waals surface area contributed by atoms with Gasteiger partial charge in [0.25, 0.3) is 5.56 Å². The van der Waals surface area contributed by atoms with Crippen molar-refractivity contribution in [2.45, 2.75) is 25.8 Å². The van der Waals surface area contributed by atoms with Crippen molar-refractivity contribution in [1.29, 1.82) is 0 Å². The van der Waals surface area contributed by atoms with Crippen molar-refractivity contribution in [2.24, 2.45) is 5.73 Å². The molecule has 2 rings (SSSR count). The van der Waals surface area contributed by atoms with Crippen molar-refractivity contribution in [2.75, 3.05) is 0 Å². The zero-order valence-corrected chi connectivity index (χ0v) is 11.8. The summed E-state index contributed by atoms with van der Waals surface area (Å²) in [5.74, 6) is 0.524. The number of rotatable bonds is 3. The molecule has 1 heterocycles. The van der Waals surface area contributed by atoms with E-state index in [-0.39, 0.29) is 18.0 Å². The van der Waals surface area contributed by atoms with E-state index < -0.39 is 5.54 Å². The second kappa shape index (κ2) is 5.99. The van der Waals surface area contributed by atoms with E-state index in [0.29, 0.717) is 17.9 Å². The van der Waals surface area contributed by atoms with Crippen molar-refractivity contribution in [3.63, 3.8) is 0 Å². The van der Waals surface area contributed by atoms with E-state index in [1.54, 1.807) is 0 Å². The van der Waals surface area contributed by atoms with Crippen molar-refractivity contribution >= 4 is 12.4 Å². The Balaban J connectivity index is 0.00000180. The van der Waals surface area contributed by atoms with Gasteiger partial charge < -0.3 is 10.7 Å². The van der Waals surface area contributed by atoms with Gasteiger partial charge in [0.15, 0.2) is 0 Å². The highest BCUT2D eigenvalue weighted by molar-refractivity contribution is 5.85. The van der Waals surface area contributed by atoms with Gasteiger partial charge in [0.05, 0.1) is 11.2 Å². The molecular formula is C14H18ClN3O. The Bertz CT molecular complexity index is 593. The standard InChI is InChI=1S/C14H17N3O.ClH/c1-3-14(2,15)13-16-11(9-12(18)17-13)10-7-5-4-6-8-10;/h4-9H,3,15H2,1-2H3,(H,16,17,18);1H. The van der Waals surface area contributed by atoms with Gasteiger partial charge in [0, 0.05) is 11.6 Å². The fourth-order valence-electron chi connectivity index (χ4n) is 1.65. The molecule has 0 saturated heterocycles. The van der Waals surface area contributed by atoms with Crippen LogP contribution in [0.4, 0.5) is 0 Å². The van der Waals surface area contributed by atoms with E-state index in [9.17, 15) is 4.79 Å². The van der Waals surface area contributed by atoms with Gasteiger partial charge in [-0.2, -0.15) is 0 Å². The minimum absolute atomic E-state index is 0. The van der Waals surface area contributed by atoms with Crippen molar-refractivity contribution < 1.29 is 0 Å². The number of nitrogens with two attached hydrogens (primary N) is 1. The molecule has 3 N–H and O–H groups in total. The van der Waals surface area contributed by atoms with Crippen LogP contribution < -0.4 is 11.3 Å². The maximum absolute atomic E-state index is 11.7. The summed E-state index contributed by atoms with van der Waals surface area (Å²) >= 11 is 0. The summed E-state index contributed by atoms with van der Waals surface area (Å²) in [4.78, 5) is 18.9. The first-order chi connectivity index (χ1) is 8.53. The molecule has 0 radical (unpaired) electrons. The van der Waals surface area contributed by atoms with Crippen LogP contribution in [0.25, 0.3) is 11.3 Å². The zero-order valence-electron chi connectivity index (χ0n) is 11.0. The molecular weight excluding hydrogens is 262 g/mol. The monoisotopic (exact) mass is 279 g/mol. The van der Waals surface area contributed by atoms with Crippen LogP contribution in [-0.2, 0) is 5.54 Å². The molecule has 0 amide bonds. The quantitative estimate of drug-likeness (QED) is 0.906. The van der Waals surface area contributed by atoms with E-state index in [1.807, 2.05) is 44.2 Å². The van der Waals surface area contributed by atoms with Crippen LogP contribution in [0, 0.1) is 0 Å². The molecule has 1 aromatic carbocycles. The Morgan fingerprint density at radius 2 is 1.95 bits per heavy atom. The predicted octanol–water partition coefficient (Wildman–Crippen LogP) is 2.44. The van der Waals surface area contributed by atoms with Crippen molar-refractivity contribution in [1.82, 2.24) is 9.97 Å². The fraction of sp³-hybridized carbons (Fsp3) is 0.286. The van der Waals surface area contributed by atoms with Crippen molar-refractivity contribution in [3.05, 3.63) is 52.6 Å². The normalized spacial score (nSPS) is 13.4. The van der Waals surface area contributed by atoms with Gasteiger partial charge in [-0.05, 0) is 13.3 Å². The Hall–Kier alpha value is -1.65. The van der Waals surface area contributed by atoms with Gasteiger partial charge in [-0.1, -0.05) is 37.3 Å². The molecule has 1 aromatic heterocycles. The number of aromatic amines is 1. The third kappa shape index (κ3) is 3.43. The van der Waals surface area contributed by atoms with Crippen LogP contribution >= 0.6 is 12.4 Å². The first kappa shape index (κ1) is 15.4. The van der Waals surface area contributed by atoms with E-state index in [4.69, 9.17) is 5.73 Å². The Morgan fingerprint density at radius 3 is 2.53 bits per heavy atom. The van der Waals surface area contributed by atoms with Gasteiger partial charge in [0.2, 0.25) is 0 Å². The molecule has 5 heteroatoms. The van der Waals surface area contributed by atoms with Crippen LogP contribution in [-0.4, -0.2) is 9.97 Å². The largest absolute Gasteiger partial charge is 0.319 e. The summed E-state index contributed by atoms with van der Waals surface area (Å²) in [5, 5.41) is 0. The molecule has 0 aliphatic rings. The van der Waals surface area contributed by atoms with Crippen LogP contribution in [0.3, 0.4) is 0 Å². The summed E-state index contributed by atoms with van der Waals surface area (Å²) in [6.45, 7) is 3.83. The lowest BCUT2D eigenvalue weighted by Gasteiger charge is -2.21. The lowest BCUT2D eigenvalue weighted by molar-refractivity contribution is 0.444. The second-order valence-electron chi connectivity index (χ2n) is 4.62. The van der Waals surface area contributed by atoms with Crippen LogP contribution in [0.2, 0.25) is 0 Å². The van der Waals surface area contributed by atoms with Gasteiger partial charge in [-0.25, -0.2) is 4.98 Å². The molecule has 0 aliphatic heterocycles. The van der Waals surface area contributed by atoms with E-state index in [1.165, 1.54) is 6.07 Å². The summed E-state index contributed by atoms with van der Waals surface area (Å²) in [6.07, 6.45) is 0.703. The molecule has 1 unspecified atom stereocenters. The molecule has 2 aromatic rings. The van der Waals surface area contributed by atoms with Gasteiger partial charge >= 0.3 is 0 Å². The Kier molecular flexibility index (Phi) is 4.86. The number of hydrogen-bond donors (Lipinski definition) is 2. The van der Waals surface area contributed by atoms with Crippen LogP contribution in [0.1, 0.15) is 26.1 Å². The molecule has 0 saturated carbocycles. The third-order valence-electron chi connectivity index (χ3n) is 3.09. The molecule has 0 bridgehead atoms. The third-order valence-corrected chi connectivity index (χ3v) is 3.09. The van der Waals surface area contributed by atoms with Crippen molar-refractivity contribution in [3.8, 4) is 11.3 Å². The Labute approximate surface area is 118 Å². The average molecular weight is 280 g/mol. The smallest absolute Gasteiger partial charge is 0.251 e. The van der Waals surface area contributed by atoms with E-state index in [0.717, 1.165) is 5.56 Å². The number of hydrogen-bond acceptors (Lipinski definition) is 3. The second-order valence-corrected chi connectivity index (χ2v) is 4.62. The fourth-order valence-corrected chi connectivity index (χ4v) is 1.65. The minimum Gasteiger partial charge on any atom is -0.319 e. The molecule has 0 spiro atoms. The van der Waals surface area contributed by atoms with Crippen LogP contribution in [0.5, 0.6) is 0 Å². The number of nitrogens with zero attached hydrogens (tertiary/aromatic N) is 1. The Morgan fingerprint density at radius 1 is 1.32 bits per heavy atom. The highest BCUT2D eigenvalue weighted by Gasteiger charge is 2.22. The predicted molar refractivity (Wildman–Crippen MR) is 79.4 cm³/mol. The van der Waals surface area contributed by atoms with E-state index in [2.05, 4.69) is 9.97 Å². The number of H-pyrrole nitrogens is 1. The summed E-state index contributed by atoms with van der Waals surface area (Å²) in [5.41, 5.74) is 6.89. The molecule has 4 nitrogen and oxygen atoms in total. The summed E-state index contributed by atoms with van der Waals surface area (Å²) in [7, 11) is 0. The van der Waals surface area contributed by atoms with Crippen LogP contribution in [0.15, 0.2) is 41.2 Å². The van der Waals surface area contributed by atoms with E-state index >= 15 is 0 Å². The number of aromatic nitrogens is 2. The first-order valence-corrected chi connectivity index (χ1v) is 5.99. The first-order valence-electron chi connectivity index (χ1n) is 5.99. The highest BCUT2D eigenvalue weighted by Crippen LogP contribution is 2.20. The molecule has 1 atom stereocenters. The van der Waals surface area contributed by atoms with Gasteiger partial charge in [-0.15, -0.1) is 12.4 Å². The molecule has 0 fully saturated rings. The topological polar surface area (TPSA) is 71.8 Å². The van der Waals surface area contributed by atoms with Gasteiger partial charge in [-0.3, -0.25) is 4.79 Å². The number of benzene rings is 1.